The molecule has 0 unspecified atom stereocenters. The van der Waals surface area contributed by atoms with E-state index < -0.39 is 17.9 Å². The van der Waals surface area contributed by atoms with Crippen molar-refractivity contribution in [1.29, 1.82) is 0 Å². The fourth-order valence-corrected chi connectivity index (χ4v) is 4.87. The molecule has 4 rings (SSSR count). The molecule has 4 aromatic rings. The Morgan fingerprint density at radius 1 is 0.907 bits per heavy atom. The topological polar surface area (TPSA) is 146 Å². The highest BCUT2D eigenvalue weighted by Gasteiger charge is 2.19. The molecule has 2 heterocycles. The van der Waals surface area contributed by atoms with Crippen LogP contribution in [0.5, 0.6) is 0 Å². The zero-order chi connectivity index (χ0) is 31.0. The molecule has 0 radical (unpaired) electrons. The third kappa shape index (κ3) is 8.61. The van der Waals surface area contributed by atoms with Crippen LogP contribution >= 0.6 is 0 Å². The molecule has 43 heavy (non-hydrogen) atoms. The van der Waals surface area contributed by atoms with Gasteiger partial charge in [-0.25, -0.2) is 4.68 Å². The van der Waals surface area contributed by atoms with Crippen LogP contribution in [-0.2, 0) is 27.8 Å². The molecule has 0 bridgehead atoms. The highest BCUT2D eigenvalue weighted by molar-refractivity contribution is 5.92. The zero-order valence-electron chi connectivity index (χ0n) is 25.0. The Labute approximate surface area is 252 Å². The van der Waals surface area contributed by atoms with Gasteiger partial charge in [0.15, 0.2) is 0 Å². The summed E-state index contributed by atoms with van der Waals surface area (Å²) in [4.78, 5) is 40.4. The number of amides is 3. The van der Waals surface area contributed by atoms with Crippen molar-refractivity contribution in [2.75, 3.05) is 0 Å². The molecule has 9 nitrogen and oxygen atoms in total. The van der Waals surface area contributed by atoms with E-state index in [0.29, 0.717) is 12.0 Å². The van der Waals surface area contributed by atoms with Gasteiger partial charge >= 0.3 is 0 Å². The molecule has 2 aromatic carbocycles. The number of benzene rings is 2. The Balaban J connectivity index is 1.33. The van der Waals surface area contributed by atoms with E-state index in [2.05, 4.69) is 61.5 Å². The first-order valence-electron chi connectivity index (χ1n) is 14.6. The molecule has 0 saturated heterocycles. The van der Waals surface area contributed by atoms with E-state index >= 15 is 0 Å². The number of aromatic nitrogens is 3. The fourth-order valence-electron chi connectivity index (χ4n) is 4.87. The van der Waals surface area contributed by atoms with Gasteiger partial charge in [0.2, 0.25) is 17.7 Å². The molecule has 2 aromatic heterocycles. The number of primary amides is 2. The van der Waals surface area contributed by atoms with Crippen LogP contribution in [0.4, 0.5) is 0 Å². The van der Waals surface area contributed by atoms with Gasteiger partial charge in [-0.2, -0.15) is 5.10 Å². The molecule has 0 aliphatic heterocycles. The van der Waals surface area contributed by atoms with E-state index in [0.717, 1.165) is 47.5 Å². The number of hydrogen-bond donors (Lipinski definition) is 3. The molecular formula is C34H40N6O3. The number of pyridine rings is 1. The second kappa shape index (κ2) is 13.9. The second-order valence-corrected chi connectivity index (χ2v) is 11.8. The molecular weight excluding hydrogens is 540 g/mol. The molecule has 0 fully saturated rings. The summed E-state index contributed by atoms with van der Waals surface area (Å²) in [7, 11) is 0. The van der Waals surface area contributed by atoms with Crippen LogP contribution in [-0.4, -0.2) is 38.5 Å². The molecule has 0 spiro atoms. The maximum absolute atomic E-state index is 12.6. The Morgan fingerprint density at radius 3 is 2.23 bits per heavy atom. The van der Waals surface area contributed by atoms with E-state index in [1.165, 1.54) is 5.56 Å². The van der Waals surface area contributed by atoms with Crippen LogP contribution in [0.15, 0.2) is 79.1 Å². The lowest BCUT2D eigenvalue weighted by atomic mass is 9.87. The summed E-state index contributed by atoms with van der Waals surface area (Å²) >= 11 is 0. The van der Waals surface area contributed by atoms with Crippen LogP contribution in [0.25, 0.3) is 17.1 Å². The summed E-state index contributed by atoms with van der Waals surface area (Å²) < 4.78 is 1.91. The normalized spacial score (nSPS) is 12.1. The number of aryl methyl sites for hydroxylation is 1. The van der Waals surface area contributed by atoms with Crippen molar-refractivity contribution in [2.45, 2.75) is 70.8 Å². The molecule has 9 heteroatoms. The Bertz CT molecular complexity index is 1540. The van der Waals surface area contributed by atoms with E-state index in [1.807, 2.05) is 22.9 Å². The van der Waals surface area contributed by atoms with Gasteiger partial charge in [-0.15, -0.1) is 0 Å². The molecule has 0 aliphatic rings. The van der Waals surface area contributed by atoms with Crippen molar-refractivity contribution in [1.82, 2.24) is 20.1 Å². The number of rotatable bonds is 13. The summed E-state index contributed by atoms with van der Waals surface area (Å²) in [6.07, 6.45) is 7.52. The lowest BCUT2D eigenvalue weighted by molar-refractivity contribution is -0.127. The van der Waals surface area contributed by atoms with Crippen LogP contribution in [0.3, 0.4) is 0 Å². The van der Waals surface area contributed by atoms with Crippen molar-refractivity contribution < 1.29 is 14.4 Å². The van der Waals surface area contributed by atoms with Crippen LogP contribution in [0, 0.1) is 0 Å². The van der Waals surface area contributed by atoms with Gasteiger partial charge in [-0.3, -0.25) is 19.4 Å². The third-order valence-corrected chi connectivity index (χ3v) is 7.40. The predicted molar refractivity (Wildman–Crippen MR) is 167 cm³/mol. The Morgan fingerprint density at radius 2 is 1.63 bits per heavy atom. The highest BCUT2D eigenvalue weighted by Crippen LogP contribution is 2.26. The van der Waals surface area contributed by atoms with Gasteiger partial charge in [0, 0.05) is 36.4 Å². The van der Waals surface area contributed by atoms with Gasteiger partial charge < -0.3 is 16.8 Å². The molecule has 0 aliphatic carbocycles. The van der Waals surface area contributed by atoms with E-state index in [4.69, 9.17) is 16.6 Å². The summed E-state index contributed by atoms with van der Waals surface area (Å²) in [6, 6.07) is 20.0. The van der Waals surface area contributed by atoms with Crippen LogP contribution in [0.2, 0.25) is 0 Å². The van der Waals surface area contributed by atoms with E-state index in [-0.39, 0.29) is 24.2 Å². The van der Waals surface area contributed by atoms with Crippen molar-refractivity contribution in [3.8, 4) is 17.1 Å². The number of carbonyl (C=O) groups excluding carboxylic acids is 3. The third-order valence-electron chi connectivity index (χ3n) is 7.40. The molecule has 1 atom stereocenters. The average Bonchev–Trinajstić information content (AvgIpc) is 3.41. The SMILES string of the molecule is CC(C)(C)c1ccc(-n2cc(CCCCCC(=O)N[C@@H](Cc3ccc(C(N)=O)cc3)C(N)=O)c(-c3ccccn3)n2)cc1. The van der Waals surface area contributed by atoms with Gasteiger partial charge in [-0.1, -0.05) is 57.5 Å². The summed E-state index contributed by atoms with van der Waals surface area (Å²) in [5, 5.41) is 7.64. The number of nitrogens with zero attached hydrogens (tertiary/aromatic N) is 3. The van der Waals surface area contributed by atoms with Crippen molar-refractivity contribution in [2.24, 2.45) is 11.5 Å². The van der Waals surface area contributed by atoms with Crippen LogP contribution < -0.4 is 16.8 Å². The number of nitrogens with one attached hydrogen (secondary N) is 1. The quantitative estimate of drug-likeness (QED) is 0.197. The lowest BCUT2D eigenvalue weighted by Crippen LogP contribution is -2.45. The highest BCUT2D eigenvalue weighted by atomic mass is 16.2. The zero-order valence-corrected chi connectivity index (χ0v) is 25.0. The first kappa shape index (κ1) is 31.2. The Hall–Kier alpha value is -4.79. The summed E-state index contributed by atoms with van der Waals surface area (Å²) in [5.41, 5.74) is 17.1. The second-order valence-electron chi connectivity index (χ2n) is 11.8. The minimum absolute atomic E-state index is 0.0736. The molecule has 224 valence electrons. The Kier molecular flexibility index (Phi) is 10.1. The van der Waals surface area contributed by atoms with Crippen molar-refractivity contribution >= 4 is 17.7 Å². The lowest BCUT2D eigenvalue weighted by Gasteiger charge is -2.19. The summed E-state index contributed by atoms with van der Waals surface area (Å²) in [5.74, 6) is -1.36. The predicted octanol–water partition coefficient (Wildman–Crippen LogP) is 4.65. The van der Waals surface area contributed by atoms with Gasteiger partial charge in [0.1, 0.15) is 11.7 Å². The molecule has 0 saturated carbocycles. The molecule has 3 amide bonds. The minimum atomic E-state index is -0.837. The van der Waals surface area contributed by atoms with E-state index in [1.54, 1.807) is 30.5 Å². The van der Waals surface area contributed by atoms with Crippen LogP contribution in [0.1, 0.15) is 73.5 Å². The minimum Gasteiger partial charge on any atom is -0.368 e. The summed E-state index contributed by atoms with van der Waals surface area (Å²) in [6.45, 7) is 6.59. The smallest absolute Gasteiger partial charge is 0.248 e. The fraction of sp³-hybridized carbons (Fsp3) is 0.324. The molecule has 5 N–H and O–H groups in total. The first-order chi connectivity index (χ1) is 20.5. The monoisotopic (exact) mass is 580 g/mol. The first-order valence-corrected chi connectivity index (χ1v) is 14.6. The van der Waals surface area contributed by atoms with Gasteiger partial charge in [-0.05, 0) is 72.2 Å². The van der Waals surface area contributed by atoms with Crippen molar-refractivity contribution in [3.05, 3.63) is 101 Å². The number of hydrogen-bond acceptors (Lipinski definition) is 5. The number of nitrogens with two attached hydrogens (primary N) is 2. The average molecular weight is 581 g/mol. The maximum atomic E-state index is 12.6. The standard InChI is InChI=1S/C34H40N6O3/c1-34(2,3)26-16-18-27(19-17-26)40-22-25(31(39-40)28-10-7-8-20-37-28)9-5-4-6-11-30(41)38-29(33(36)43)21-23-12-14-24(15-13-23)32(35)42/h7-8,10,12-20,22,29H,4-6,9,11,21H2,1-3H3,(H2,35,42)(H2,36,43)(H,38,41)/t29-/m0/s1. The van der Waals surface area contributed by atoms with Gasteiger partial charge in [0.25, 0.3) is 0 Å². The maximum Gasteiger partial charge on any atom is 0.248 e. The largest absolute Gasteiger partial charge is 0.368 e. The van der Waals surface area contributed by atoms with Crippen molar-refractivity contribution in [3.63, 3.8) is 0 Å². The van der Waals surface area contributed by atoms with Gasteiger partial charge in [0.05, 0.1) is 11.4 Å². The van der Waals surface area contributed by atoms with E-state index in [9.17, 15) is 14.4 Å². The number of carbonyl (C=O) groups is 3. The number of unbranched alkanes of at least 4 members (excludes halogenated alkanes) is 2.